The zero-order valence-electron chi connectivity index (χ0n) is 11.8. The van der Waals surface area contributed by atoms with Crippen LogP contribution in [0.15, 0.2) is 16.7 Å². The summed E-state index contributed by atoms with van der Waals surface area (Å²) in [5, 5.41) is 3.45. The highest BCUT2D eigenvalue weighted by molar-refractivity contribution is 7.91. The fraction of sp³-hybridized carbons (Fsp3) is 0.714. The Hall–Kier alpha value is -0.850. The summed E-state index contributed by atoms with van der Waals surface area (Å²) >= 11 is 0. The molecule has 0 radical (unpaired) electrons. The average molecular weight is 298 g/mol. The minimum atomic E-state index is -2.82. The van der Waals surface area contributed by atoms with Crippen LogP contribution in [0.4, 0.5) is 0 Å². The molecule has 1 N–H and O–H groups in total. The lowest BCUT2D eigenvalue weighted by molar-refractivity contribution is 0.251. The molecule has 2 heterocycles. The third-order valence-electron chi connectivity index (χ3n) is 4.22. The highest BCUT2D eigenvalue weighted by Crippen LogP contribution is 2.22. The standard InChI is InChI=1S/C14H22N2O3S/c1-16(13-5-7-20(17,18)10-13)9-11-4-6-19-14(11)8-15-12-2-3-12/h4,6,12-13,15H,2-3,5,7-10H2,1H3. The van der Waals surface area contributed by atoms with Gasteiger partial charge in [-0.1, -0.05) is 0 Å². The Morgan fingerprint density at radius 3 is 2.85 bits per heavy atom. The van der Waals surface area contributed by atoms with E-state index in [0.29, 0.717) is 11.8 Å². The lowest BCUT2D eigenvalue weighted by Gasteiger charge is -2.22. The van der Waals surface area contributed by atoms with Crippen molar-refractivity contribution in [3.8, 4) is 0 Å². The molecule has 1 aromatic rings. The van der Waals surface area contributed by atoms with Crippen molar-refractivity contribution in [1.29, 1.82) is 0 Å². The number of sulfone groups is 1. The van der Waals surface area contributed by atoms with Crippen molar-refractivity contribution in [2.75, 3.05) is 18.6 Å². The van der Waals surface area contributed by atoms with Crippen molar-refractivity contribution in [2.45, 2.75) is 44.4 Å². The molecule has 1 aliphatic heterocycles. The number of hydrogen-bond acceptors (Lipinski definition) is 5. The van der Waals surface area contributed by atoms with Gasteiger partial charge in [0, 0.05) is 24.2 Å². The number of nitrogens with zero attached hydrogens (tertiary/aromatic N) is 1. The summed E-state index contributed by atoms with van der Waals surface area (Å²) in [6, 6.07) is 2.79. The topological polar surface area (TPSA) is 62.6 Å². The molecule has 1 saturated carbocycles. The van der Waals surface area contributed by atoms with Crippen LogP contribution < -0.4 is 5.32 Å². The van der Waals surface area contributed by atoms with Gasteiger partial charge in [0.15, 0.2) is 9.84 Å². The average Bonchev–Trinajstić information content (AvgIpc) is 3.01. The van der Waals surface area contributed by atoms with E-state index < -0.39 is 9.84 Å². The molecule has 0 amide bonds. The van der Waals surface area contributed by atoms with Gasteiger partial charge >= 0.3 is 0 Å². The van der Waals surface area contributed by atoms with Crippen LogP contribution in [0.3, 0.4) is 0 Å². The second-order valence-electron chi connectivity index (χ2n) is 6.00. The molecule has 20 heavy (non-hydrogen) atoms. The lowest BCUT2D eigenvalue weighted by Crippen LogP contribution is -2.32. The first-order chi connectivity index (χ1) is 9.53. The Kier molecular flexibility index (Phi) is 3.88. The molecule has 6 heteroatoms. The minimum Gasteiger partial charge on any atom is -0.468 e. The normalized spacial score (nSPS) is 25.4. The fourth-order valence-electron chi connectivity index (χ4n) is 2.71. The molecular weight excluding hydrogens is 276 g/mol. The van der Waals surface area contributed by atoms with E-state index in [1.807, 2.05) is 13.1 Å². The summed E-state index contributed by atoms with van der Waals surface area (Å²) in [7, 11) is -0.824. The van der Waals surface area contributed by atoms with Gasteiger partial charge in [0.1, 0.15) is 5.76 Å². The van der Waals surface area contributed by atoms with Crippen LogP contribution in [0.1, 0.15) is 30.6 Å². The van der Waals surface area contributed by atoms with E-state index in [1.54, 1.807) is 6.26 Å². The highest BCUT2D eigenvalue weighted by Gasteiger charge is 2.31. The van der Waals surface area contributed by atoms with E-state index in [1.165, 1.54) is 12.8 Å². The summed E-state index contributed by atoms with van der Waals surface area (Å²) in [6.45, 7) is 1.52. The molecule has 0 spiro atoms. The van der Waals surface area contributed by atoms with Crippen LogP contribution in [0.2, 0.25) is 0 Å². The van der Waals surface area contributed by atoms with Crippen LogP contribution in [0.25, 0.3) is 0 Å². The SMILES string of the molecule is CN(Cc1ccoc1CNC1CC1)C1CCS(=O)(=O)C1. The first-order valence-electron chi connectivity index (χ1n) is 7.23. The molecule has 1 aliphatic carbocycles. The molecule has 3 rings (SSSR count). The highest BCUT2D eigenvalue weighted by atomic mass is 32.2. The third-order valence-corrected chi connectivity index (χ3v) is 5.97. The Balaban J connectivity index is 1.58. The quantitative estimate of drug-likeness (QED) is 0.853. The van der Waals surface area contributed by atoms with Gasteiger partial charge in [-0.2, -0.15) is 0 Å². The van der Waals surface area contributed by atoms with Gasteiger partial charge < -0.3 is 9.73 Å². The number of nitrogens with one attached hydrogen (secondary N) is 1. The number of furan rings is 1. The zero-order valence-corrected chi connectivity index (χ0v) is 12.7. The van der Waals surface area contributed by atoms with Crippen molar-refractivity contribution in [3.05, 3.63) is 23.7 Å². The predicted octanol–water partition coefficient (Wildman–Crippen LogP) is 1.15. The van der Waals surface area contributed by atoms with Crippen molar-refractivity contribution >= 4 is 9.84 Å². The van der Waals surface area contributed by atoms with E-state index in [0.717, 1.165) is 30.8 Å². The molecule has 112 valence electrons. The minimum absolute atomic E-state index is 0.138. The van der Waals surface area contributed by atoms with Crippen molar-refractivity contribution < 1.29 is 12.8 Å². The van der Waals surface area contributed by atoms with Gasteiger partial charge in [0.05, 0.1) is 24.3 Å². The van der Waals surface area contributed by atoms with Crippen molar-refractivity contribution in [3.63, 3.8) is 0 Å². The summed E-state index contributed by atoms with van der Waals surface area (Å²) in [6.07, 6.45) is 4.98. The Morgan fingerprint density at radius 2 is 2.20 bits per heavy atom. The van der Waals surface area contributed by atoms with E-state index in [-0.39, 0.29) is 11.8 Å². The van der Waals surface area contributed by atoms with Gasteiger partial charge in [-0.15, -0.1) is 0 Å². The van der Waals surface area contributed by atoms with Gasteiger partial charge in [-0.25, -0.2) is 8.42 Å². The van der Waals surface area contributed by atoms with Crippen LogP contribution in [-0.2, 0) is 22.9 Å². The van der Waals surface area contributed by atoms with Gasteiger partial charge in [-0.3, -0.25) is 4.90 Å². The summed E-state index contributed by atoms with van der Waals surface area (Å²) in [5.74, 6) is 1.59. The molecular formula is C14H22N2O3S. The Morgan fingerprint density at radius 1 is 1.40 bits per heavy atom. The van der Waals surface area contributed by atoms with Crippen molar-refractivity contribution in [1.82, 2.24) is 10.2 Å². The van der Waals surface area contributed by atoms with Gasteiger partial charge in [0.25, 0.3) is 0 Å². The third kappa shape index (κ3) is 3.42. The van der Waals surface area contributed by atoms with Crippen LogP contribution in [-0.4, -0.2) is 44.0 Å². The maximum Gasteiger partial charge on any atom is 0.151 e. The van der Waals surface area contributed by atoms with Gasteiger partial charge in [-0.05, 0) is 32.4 Å². The largest absolute Gasteiger partial charge is 0.468 e. The summed E-state index contributed by atoms with van der Waals surface area (Å²) in [4.78, 5) is 2.13. The molecule has 0 bridgehead atoms. The fourth-order valence-corrected chi connectivity index (χ4v) is 4.51. The first kappa shape index (κ1) is 14.1. The first-order valence-corrected chi connectivity index (χ1v) is 9.05. The van der Waals surface area contributed by atoms with E-state index >= 15 is 0 Å². The molecule has 1 saturated heterocycles. The number of rotatable bonds is 6. The van der Waals surface area contributed by atoms with Crippen LogP contribution in [0, 0.1) is 0 Å². The molecule has 0 aromatic carbocycles. The summed E-state index contributed by atoms with van der Waals surface area (Å²) in [5.41, 5.74) is 1.16. The molecule has 1 aromatic heterocycles. The van der Waals surface area contributed by atoms with E-state index in [4.69, 9.17) is 4.42 Å². The molecule has 1 unspecified atom stereocenters. The number of hydrogen-bond donors (Lipinski definition) is 1. The van der Waals surface area contributed by atoms with Crippen LogP contribution >= 0.6 is 0 Å². The lowest BCUT2D eigenvalue weighted by atomic mass is 10.2. The second kappa shape index (κ2) is 5.50. The smallest absolute Gasteiger partial charge is 0.151 e. The maximum absolute atomic E-state index is 11.5. The van der Waals surface area contributed by atoms with Gasteiger partial charge in [0.2, 0.25) is 0 Å². The van der Waals surface area contributed by atoms with E-state index in [2.05, 4.69) is 10.2 Å². The Bertz CT molecular complexity index is 563. The molecule has 2 aliphatic rings. The second-order valence-corrected chi connectivity index (χ2v) is 8.22. The molecule has 1 atom stereocenters. The molecule has 5 nitrogen and oxygen atoms in total. The monoisotopic (exact) mass is 298 g/mol. The Labute approximate surface area is 120 Å². The molecule has 2 fully saturated rings. The zero-order chi connectivity index (χ0) is 14.2. The maximum atomic E-state index is 11.5. The van der Waals surface area contributed by atoms with Crippen LogP contribution in [0.5, 0.6) is 0 Å². The summed E-state index contributed by atoms with van der Waals surface area (Å²) < 4.78 is 28.6. The van der Waals surface area contributed by atoms with Crippen molar-refractivity contribution in [2.24, 2.45) is 0 Å². The predicted molar refractivity (Wildman–Crippen MR) is 77.1 cm³/mol. The van der Waals surface area contributed by atoms with E-state index in [9.17, 15) is 8.42 Å².